The summed E-state index contributed by atoms with van der Waals surface area (Å²) in [5, 5.41) is 8.93. The normalized spacial score (nSPS) is 13.6. The van der Waals surface area contributed by atoms with Crippen LogP contribution in [0.2, 0.25) is 0 Å². The van der Waals surface area contributed by atoms with Crippen molar-refractivity contribution in [2.45, 2.75) is 53.0 Å². The van der Waals surface area contributed by atoms with Gasteiger partial charge in [-0.05, 0) is 52.5 Å². The smallest absolute Gasteiger partial charge is 0.258 e. The maximum absolute atomic E-state index is 13.1. The summed E-state index contributed by atoms with van der Waals surface area (Å²) in [6, 6.07) is 0.199. The first-order chi connectivity index (χ1) is 12.0. The van der Waals surface area contributed by atoms with E-state index in [1.54, 1.807) is 6.20 Å². The van der Waals surface area contributed by atoms with E-state index in [1.807, 2.05) is 18.5 Å². The highest BCUT2D eigenvalue weighted by Gasteiger charge is 2.26. The standard InChI is InChI=1S/C18H21N5OS/c1-9(2)23-16-13(8-19-23)15(12-6-5-7-14(12)21-16)17(24)22-18-20-10(3)11(4)25-18/h8-9H,5-7H2,1-4H3,(H,20,22,24). The molecule has 0 radical (unpaired) electrons. The molecule has 0 saturated carbocycles. The number of aryl methyl sites for hydroxylation is 3. The highest BCUT2D eigenvalue weighted by molar-refractivity contribution is 7.15. The third-order valence-corrected chi connectivity index (χ3v) is 5.72. The molecule has 25 heavy (non-hydrogen) atoms. The molecule has 0 atom stereocenters. The molecule has 130 valence electrons. The molecule has 1 N–H and O–H groups in total. The number of aromatic nitrogens is 4. The molecule has 0 fully saturated rings. The van der Waals surface area contributed by atoms with Crippen molar-refractivity contribution in [1.29, 1.82) is 0 Å². The van der Waals surface area contributed by atoms with E-state index in [1.165, 1.54) is 11.3 Å². The second kappa shape index (κ2) is 5.91. The molecule has 4 rings (SSSR count). The summed E-state index contributed by atoms with van der Waals surface area (Å²) in [7, 11) is 0. The largest absolute Gasteiger partial charge is 0.298 e. The van der Waals surface area contributed by atoms with E-state index < -0.39 is 0 Å². The van der Waals surface area contributed by atoms with Gasteiger partial charge in [-0.25, -0.2) is 14.6 Å². The first-order valence-corrected chi connectivity index (χ1v) is 9.41. The second-order valence-electron chi connectivity index (χ2n) is 6.80. The van der Waals surface area contributed by atoms with E-state index in [0.717, 1.165) is 57.7 Å². The van der Waals surface area contributed by atoms with Crippen molar-refractivity contribution in [1.82, 2.24) is 19.7 Å². The molecule has 0 spiro atoms. The number of fused-ring (bicyclic) bond motifs is 2. The van der Waals surface area contributed by atoms with E-state index in [0.29, 0.717) is 5.13 Å². The Kier molecular flexibility index (Phi) is 3.83. The number of pyridine rings is 1. The number of carbonyl (C=O) groups excluding carboxylic acids is 1. The summed E-state index contributed by atoms with van der Waals surface area (Å²) in [6.07, 6.45) is 4.63. The summed E-state index contributed by atoms with van der Waals surface area (Å²) in [6.45, 7) is 8.11. The average molecular weight is 355 g/mol. The molecule has 7 heteroatoms. The molecule has 3 heterocycles. The van der Waals surface area contributed by atoms with Crippen molar-refractivity contribution in [3.63, 3.8) is 0 Å². The number of carbonyl (C=O) groups is 1. The lowest BCUT2D eigenvalue weighted by molar-refractivity contribution is 0.102. The van der Waals surface area contributed by atoms with E-state index in [4.69, 9.17) is 4.98 Å². The van der Waals surface area contributed by atoms with Gasteiger partial charge in [0, 0.05) is 16.6 Å². The summed E-state index contributed by atoms with van der Waals surface area (Å²) >= 11 is 1.51. The van der Waals surface area contributed by atoms with Gasteiger partial charge in [0.15, 0.2) is 10.8 Å². The van der Waals surface area contributed by atoms with E-state index in [2.05, 4.69) is 29.2 Å². The van der Waals surface area contributed by atoms with Crippen LogP contribution in [0.1, 0.15) is 58.5 Å². The van der Waals surface area contributed by atoms with Crippen LogP contribution in [0, 0.1) is 13.8 Å². The molecule has 0 bridgehead atoms. The van der Waals surface area contributed by atoms with Gasteiger partial charge >= 0.3 is 0 Å². The van der Waals surface area contributed by atoms with Crippen molar-refractivity contribution in [2.24, 2.45) is 0 Å². The van der Waals surface area contributed by atoms with Crippen LogP contribution in [0.25, 0.3) is 11.0 Å². The lowest BCUT2D eigenvalue weighted by atomic mass is 10.0. The van der Waals surface area contributed by atoms with E-state index in [-0.39, 0.29) is 11.9 Å². The Labute approximate surface area is 150 Å². The van der Waals surface area contributed by atoms with Gasteiger partial charge in [-0.1, -0.05) is 0 Å². The zero-order chi connectivity index (χ0) is 17.7. The number of hydrogen-bond acceptors (Lipinski definition) is 5. The predicted molar refractivity (Wildman–Crippen MR) is 99.5 cm³/mol. The molecule has 3 aromatic rings. The van der Waals surface area contributed by atoms with Gasteiger partial charge in [0.05, 0.1) is 22.8 Å². The van der Waals surface area contributed by atoms with Gasteiger partial charge in [-0.2, -0.15) is 5.10 Å². The molecule has 0 aliphatic heterocycles. The molecule has 0 saturated heterocycles. The van der Waals surface area contributed by atoms with Crippen molar-refractivity contribution >= 4 is 33.4 Å². The van der Waals surface area contributed by atoms with Gasteiger partial charge in [0.2, 0.25) is 0 Å². The fourth-order valence-electron chi connectivity index (χ4n) is 3.38. The highest BCUT2D eigenvalue weighted by atomic mass is 32.1. The van der Waals surface area contributed by atoms with Crippen molar-refractivity contribution in [3.05, 3.63) is 33.6 Å². The number of rotatable bonds is 3. The SMILES string of the molecule is Cc1nc(NC(=O)c2c3c(nc4c2cnn4C(C)C)CCC3)sc1C. The molecular weight excluding hydrogens is 334 g/mol. The average Bonchev–Trinajstić information content (AvgIpc) is 3.24. The molecule has 0 unspecified atom stereocenters. The van der Waals surface area contributed by atoms with E-state index >= 15 is 0 Å². The molecule has 1 aliphatic carbocycles. The Balaban J connectivity index is 1.83. The van der Waals surface area contributed by atoms with Crippen LogP contribution >= 0.6 is 11.3 Å². The third-order valence-electron chi connectivity index (χ3n) is 4.74. The molecule has 1 aliphatic rings. The number of nitrogens with one attached hydrogen (secondary N) is 1. The summed E-state index contributed by atoms with van der Waals surface area (Å²) in [4.78, 5) is 23.4. The number of thiazole rings is 1. The molecule has 3 aromatic heterocycles. The monoisotopic (exact) mass is 355 g/mol. The highest BCUT2D eigenvalue weighted by Crippen LogP contribution is 2.32. The van der Waals surface area contributed by atoms with Crippen LogP contribution < -0.4 is 5.32 Å². The van der Waals surface area contributed by atoms with Crippen LogP contribution in [0.3, 0.4) is 0 Å². The fourth-order valence-corrected chi connectivity index (χ4v) is 4.19. The Morgan fingerprint density at radius 3 is 2.76 bits per heavy atom. The summed E-state index contributed by atoms with van der Waals surface area (Å²) < 4.78 is 1.89. The van der Waals surface area contributed by atoms with Gasteiger partial charge in [-0.3, -0.25) is 10.1 Å². The Bertz CT molecular complexity index is 966. The van der Waals surface area contributed by atoms with Crippen molar-refractivity contribution in [3.8, 4) is 0 Å². The maximum Gasteiger partial charge on any atom is 0.258 e. The Hall–Kier alpha value is -2.28. The summed E-state index contributed by atoms with van der Waals surface area (Å²) in [5.74, 6) is -0.109. The lowest BCUT2D eigenvalue weighted by Crippen LogP contribution is -2.16. The quantitative estimate of drug-likeness (QED) is 0.775. The lowest BCUT2D eigenvalue weighted by Gasteiger charge is -2.11. The van der Waals surface area contributed by atoms with Crippen LogP contribution in [0.15, 0.2) is 6.20 Å². The minimum absolute atomic E-state index is 0.109. The minimum Gasteiger partial charge on any atom is -0.298 e. The van der Waals surface area contributed by atoms with Crippen molar-refractivity contribution in [2.75, 3.05) is 5.32 Å². The van der Waals surface area contributed by atoms with Crippen LogP contribution in [0.5, 0.6) is 0 Å². The number of hydrogen-bond donors (Lipinski definition) is 1. The van der Waals surface area contributed by atoms with Gasteiger partial charge in [0.1, 0.15) is 0 Å². The first-order valence-electron chi connectivity index (χ1n) is 8.60. The van der Waals surface area contributed by atoms with Crippen LogP contribution in [-0.4, -0.2) is 25.7 Å². The first kappa shape index (κ1) is 16.2. The third kappa shape index (κ3) is 2.63. The number of anilines is 1. The fraction of sp³-hybridized carbons (Fsp3) is 0.444. The maximum atomic E-state index is 13.1. The minimum atomic E-state index is -0.109. The topological polar surface area (TPSA) is 72.7 Å². The van der Waals surface area contributed by atoms with Crippen LogP contribution in [-0.2, 0) is 12.8 Å². The zero-order valence-electron chi connectivity index (χ0n) is 14.9. The van der Waals surface area contributed by atoms with Gasteiger partial charge in [0.25, 0.3) is 5.91 Å². The molecule has 0 aromatic carbocycles. The van der Waals surface area contributed by atoms with Gasteiger partial charge in [-0.15, -0.1) is 11.3 Å². The molecular formula is C18H21N5OS. The zero-order valence-corrected chi connectivity index (χ0v) is 15.7. The summed E-state index contributed by atoms with van der Waals surface area (Å²) in [5.41, 5.74) is 4.57. The second-order valence-corrected chi connectivity index (χ2v) is 8.00. The van der Waals surface area contributed by atoms with Crippen LogP contribution in [0.4, 0.5) is 5.13 Å². The van der Waals surface area contributed by atoms with E-state index in [9.17, 15) is 4.79 Å². The Morgan fingerprint density at radius 1 is 1.28 bits per heavy atom. The predicted octanol–water partition coefficient (Wildman–Crippen LogP) is 3.83. The molecule has 1 amide bonds. The molecule has 6 nitrogen and oxygen atoms in total. The Morgan fingerprint density at radius 2 is 2.08 bits per heavy atom. The number of amides is 1. The number of nitrogens with zero attached hydrogens (tertiary/aromatic N) is 4. The van der Waals surface area contributed by atoms with Crippen molar-refractivity contribution < 1.29 is 4.79 Å². The van der Waals surface area contributed by atoms with Gasteiger partial charge < -0.3 is 0 Å².